The van der Waals surface area contributed by atoms with Crippen LogP contribution in [0, 0.1) is 0 Å². The molecule has 2 aromatic rings. The first-order valence-corrected chi connectivity index (χ1v) is 6.72. The summed E-state index contributed by atoms with van der Waals surface area (Å²) in [4.78, 5) is 10.9. The maximum absolute atomic E-state index is 12.0. The number of aromatic amines is 1. The molecule has 8 nitrogen and oxygen atoms in total. The maximum atomic E-state index is 12.0. The molecule has 2 aromatic heterocycles. The van der Waals surface area contributed by atoms with Crippen molar-refractivity contribution in [3.8, 4) is 0 Å². The fourth-order valence-corrected chi connectivity index (χ4v) is 2.82. The van der Waals surface area contributed by atoms with Crippen LogP contribution in [0.4, 0.5) is 0 Å². The van der Waals surface area contributed by atoms with Crippen molar-refractivity contribution in [3.63, 3.8) is 0 Å². The summed E-state index contributed by atoms with van der Waals surface area (Å²) in [6.45, 7) is 1.58. The first kappa shape index (κ1) is 13.3. The molecule has 0 spiro atoms. The summed E-state index contributed by atoms with van der Waals surface area (Å²) in [5.41, 5.74) is -0.417. The fourth-order valence-electron chi connectivity index (χ4n) is 1.52. The van der Waals surface area contributed by atoms with Gasteiger partial charge in [-0.15, -0.1) is 0 Å². The van der Waals surface area contributed by atoms with E-state index in [1.165, 1.54) is 6.26 Å². The number of carboxylic acids is 1. The van der Waals surface area contributed by atoms with E-state index in [-0.39, 0.29) is 0 Å². The Morgan fingerprint density at radius 1 is 1.58 bits per heavy atom. The van der Waals surface area contributed by atoms with Crippen molar-refractivity contribution in [1.29, 1.82) is 0 Å². The quantitative estimate of drug-likeness (QED) is 0.744. The average molecular weight is 285 g/mol. The van der Waals surface area contributed by atoms with E-state index in [0.717, 1.165) is 6.20 Å². The highest BCUT2D eigenvalue weighted by molar-refractivity contribution is 7.89. The summed E-state index contributed by atoms with van der Waals surface area (Å²) in [5, 5.41) is 14.0. The molecule has 0 aliphatic rings. The smallest absolute Gasteiger partial charge is 0.340 e. The third-order valence-electron chi connectivity index (χ3n) is 2.41. The minimum absolute atomic E-state index is 0.417. The molecule has 0 fully saturated rings. The van der Waals surface area contributed by atoms with Crippen LogP contribution in [-0.2, 0) is 10.0 Å². The van der Waals surface area contributed by atoms with Gasteiger partial charge in [0.1, 0.15) is 11.3 Å². The second kappa shape index (κ2) is 4.86. The number of hydrogen-bond acceptors (Lipinski definition) is 5. The maximum Gasteiger partial charge on any atom is 0.340 e. The predicted molar refractivity (Wildman–Crippen MR) is 63.0 cm³/mol. The normalized spacial score (nSPS) is 13.3. The third-order valence-corrected chi connectivity index (χ3v) is 3.92. The molecule has 0 saturated carbocycles. The molecule has 0 aliphatic carbocycles. The van der Waals surface area contributed by atoms with Crippen LogP contribution in [0.15, 0.2) is 34.0 Å². The molecule has 0 radical (unpaired) electrons. The van der Waals surface area contributed by atoms with Gasteiger partial charge in [-0.2, -0.15) is 9.82 Å². The van der Waals surface area contributed by atoms with Crippen molar-refractivity contribution in [2.75, 3.05) is 0 Å². The van der Waals surface area contributed by atoms with Crippen molar-refractivity contribution < 1.29 is 22.7 Å². The summed E-state index contributed by atoms with van der Waals surface area (Å²) in [6.07, 6.45) is 2.35. The van der Waals surface area contributed by atoms with Crippen LogP contribution in [0.5, 0.6) is 0 Å². The molecule has 9 heteroatoms. The zero-order chi connectivity index (χ0) is 14.0. The monoisotopic (exact) mass is 285 g/mol. The van der Waals surface area contributed by atoms with Gasteiger partial charge < -0.3 is 9.52 Å². The van der Waals surface area contributed by atoms with E-state index < -0.39 is 32.6 Å². The first-order chi connectivity index (χ1) is 8.92. The van der Waals surface area contributed by atoms with Gasteiger partial charge in [-0.3, -0.25) is 5.10 Å². The molecule has 2 rings (SSSR count). The number of carboxylic acid groups (broad SMARTS) is 1. The van der Waals surface area contributed by atoms with Gasteiger partial charge in [-0.25, -0.2) is 13.2 Å². The fraction of sp³-hybridized carbons (Fsp3) is 0.200. The van der Waals surface area contributed by atoms with Gasteiger partial charge in [0.05, 0.1) is 18.5 Å². The van der Waals surface area contributed by atoms with Crippen molar-refractivity contribution in [1.82, 2.24) is 14.9 Å². The molecule has 2 heterocycles. The lowest BCUT2D eigenvalue weighted by Crippen LogP contribution is -2.28. The van der Waals surface area contributed by atoms with Crippen molar-refractivity contribution in [3.05, 3.63) is 35.9 Å². The van der Waals surface area contributed by atoms with E-state index in [1.807, 2.05) is 0 Å². The molecule has 0 saturated heterocycles. The van der Waals surface area contributed by atoms with Crippen LogP contribution >= 0.6 is 0 Å². The van der Waals surface area contributed by atoms with E-state index in [1.54, 1.807) is 19.1 Å². The molecular formula is C10H11N3O5S. The van der Waals surface area contributed by atoms with Crippen LogP contribution in [0.25, 0.3) is 0 Å². The van der Waals surface area contributed by atoms with Crippen LogP contribution in [-0.4, -0.2) is 29.7 Å². The largest absolute Gasteiger partial charge is 0.478 e. The lowest BCUT2D eigenvalue weighted by molar-refractivity contribution is 0.0692. The number of carbonyl (C=O) groups is 1. The lowest BCUT2D eigenvalue weighted by atomic mass is 10.3. The highest BCUT2D eigenvalue weighted by Gasteiger charge is 2.27. The molecule has 0 unspecified atom stereocenters. The molecule has 1 atom stereocenters. The van der Waals surface area contributed by atoms with E-state index in [0.29, 0.717) is 5.76 Å². The van der Waals surface area contributed by atoms with Crippen molar-refractivity contribution in [2.24, 2.45) is 0 Å². The van der Waals surface area contributed by atoms with Gasteiger partial charge in [0.25, 0.3) is 10.0 Å². The minimum Gasteiger partial charge on any atom is -0.478 e. The second-order valence-corrected chi connectivity index (χ2v) is 5.43. The van der Waals surface area contributed by atoms with Crippen molar-refractivity contribution >= 4 is 16.0 Å². The Labute approximate surface area is 108 Å². The van der Waals surface area contributed by atoms with E-state index in [9.17, 15) is 13.2 Å². The highest BCUT2D eigenvalue weighted by atomic mass is 32.2. The number of furan rings is 1. The molecule has 0 bridgehead atoms. The van der Waals surface area contributed by atoms with Gasteiger partial charge in [-0.05, 0) is 19.1 Å². The zero-order valence-corrected chi connectivity index (χ0v) is 10.6. The Morgan fingerprint density at radius 3 is 2.89 bits per heavy atom. The number of aromatic nitrogens is 2. The number of hydrogen-bond donors (Lipinski definition) is 3. The summed E-state index contributed by atoms with van der Waals surface area (Å²) in [6, 6.07) is 2.60. The number of nitrogens with one attached hydrogen (secondary N) is 2. The van der Waals surface area contributed by atoms with Crippen molar-refractivity contribution in [2.45, 2.75) is 18.0 Å². The molecular weight excluding hydrogens is 274 g/mol. The van der Waals surface area contributed by atoms with Gasteiger partial charge in [0, 0.05) is 0 Å². The number of sulfonamides is 1. The van der Waals surface area contributed by atoms with E-state index in [4.69, 9.17) is 9.52 Å². The van der Waals surface area contributed by atoms with Gasteiger partial charge in [0.2, 0.25) is 0 Å². The number of rotatable bonds is 5. The first-order valence-electron chi connectivity index (χ1n) is 5.24. The standard InChI is InChI=1S/C10H11N3O5S/c1-6(8-3-2-4-18-8)13-19(16,17)9-7(10(14)15)5-11-12-9/h2-6,13H,1H3,(H,11,12)(H,14,15)/t6-/m0/s1. The molecule has 0 aliphatic heterocycles. The Morgan fingerprint density at radius 2 is 2.32 bits per heavy atom. The Bertz CT molecular complexity index is 674. The van der Waals surface area contributed by atoms with Crippen LogP contribution < -0.4 is 4.72 Å². The van der Waals surface area contributed by atoms with Crippen LogP contribution in [0.1, 0.15) is 29.1 Å². The SMILES string of the molecule is C[C@H](NS(=O)(=O)c1[nH]ncc1C(=O)O)c1ccco1. The molecule has 0 aromatic carbocycles. The Balaban J connectivity index is 2.28. The average Bonchev–Trinajstić information content (AvgIpc) is 3.00. The highest BCUT2D eigenvalue weighted by Crippen LogP contribution is 2.18. The topological polar surface area (TPSA) is 125 Å². The molecule has 19 heavy (non-hydrogen) atoms. The lowest BCUT2D eigenvalue weighted by Gasteiger charge is -2.11. The molecule has 102 valence electrons. The van der Waals surface area contributed by atoms with Gasteiger partial charge in [0.15, 0.2) is 5.03 Å². The van der Waals surface area contributed by atoms with Crippen LogP contribution in [0.3, 0.4) is 0 Å². The third kappa shape index (κ3) is 2.66. The number of H-pyrrole nitrogens is 1. The van der Waals surface area contributed by atoms with E-state index >= 15 is 0 Å². The predicted octanol–water partition coefficient (Wildman–Crippen LogP) is 0.740. The Kier molecular flexibility index (Phi) is 3.40. The second-order valence-electron chi connectivity index (χ2n) is 3.78. The summed E-state index contributed by atoms with van der Waals surface area (Å²) in [7, 11) is -4.03. The molecule has 0 amide bonds. The summed E-state index contributed by atoms with van der Waals surface area (Å²) < 4.78 is 31.4. The van der Waals surface area contributed by atoms with Crippen LogP contribution in [0.2, 0.25) is 0 Å². The Hall–Kier alpha value is -2.13. The molecule has 3 N–H and O–H groups in total. The summed E-state index contributed by atoms with van der Waals surface area (Å²) in [5.74, 6) is -0.959. The van der Waals surface area contributed by atoms with E-state index in [2.05, 4.69) is 14.9 Å². The van der Waals surface area contributed by atoms with Gasteiger partial charge in [-0.1, -0.05) is 0 Å². The summed E-state index contributed by atoms with van der Waals surface area (Å²) >= 11 is 0. The number of aromatic carboxylic acids is 1. The zero-order valence-electron chi connectivity index (χ0n) is 9.82. The minimum atomic E-state index is -4.03. The van der Waals surface area contributed by atoms with Gasteiger partial charge >= 0.3 is 5.97 Å². The number of nitrogens with zero attached hydrogens (tertiary/aromatic N) is 1.